The molecule has 0 aromatic heterocycles. The molecular formula is C26H30N2O6. The summed E-state index contributed by atoms with van der Waals surface area (Å²) in [6.07, 6.45) is 1.92. The van der Waals surface area contributed by atoms with Gasteiger partial charge in [-0.1, -0.05) is 55.0 Å². The summed E-state index contributed by atoms with van der Waals surface area (Å²) in [5.41, 5.74) is 4.61. The first-order valence-electron chi connectivity index (χ1n) is 11.7. The molecule has 0 bridgehead atoms. The van der Waals surface area contributed by atoms with E-state index >= 15 is 0 Å². The third kappa shape index (κ3) is 5.22. The molecule has 180 valence electrons. The number of benzene rings is 2. The van der Waals surface area contributed by atoms with Gasteiger partial charge in [-0.25, -0.2) is 9.59 Å². The lowest BCUT2D eigenvalue weighted by Gasteiger charge is -2.22. The maximum absolute atomic E-state index is 12.6. The van der Waals surface area contributed by atoms with Crippen LogP contribution in [0, 0.1) is 5.92 Å². The number of carboxylic acid groups (broad SMARTS) is 1. The molecule has 2 aromatic rings. The lowest BCUT2D eigenvalue weighted by molar-refractivity contribution is -0.142. The van der Waals surface area contributed by atoms with Gasteiger partial charge in [0, 0.05) is 31.4 Å². The molecule has 2 aromatic carbocycles. The van der Waals surface area contributed by atoms with Gasteiger partial charge in [-0.2, -0.15) is 0 Å². The zero-order valence-corrected chi connectivity index (χ0v) is 18.9. The monoisotopic (exact) mass is 466 g/mol. The summed E-state index contributed by atoms with van der Waals surface area (Å²) < 4.78 is 5.63. The van der Waals surface area contributed by atoms with Crippen LogP contribution in [-0.2, 0) is 14.3 Å². The number of rotatable bonds is 9. The quantitative estimate of drug-likeness (QED) is 0.450. The highest BCUT2D eigenvalue weighted by atomic mass is 16.5. The summed E-state index contributed by atoms with van der Waals surface area (Å²) >= 11 is 0. The standard InChI is InChI=1S/C26H30N2O6/c29-13-12-23(25(31)32)27-24(30)14-16-6-5-11-22(16)28-26(33)34-15-21-19-9-3-1-7-17(19)18-8-2-4-10-20(18)21/h1-4,7-10,16,21-23,29H,5-6,11-15H2,(H,27,30)(H,28,33)(H,31,32). The van der Waals surface area contributed by atoms with Crippen LogP contribution in [0.3, 0.4) is 0 Å². The molecule has 8 heteroatoms. The van der Waals surface area contributed by atoms with Crippen molar-refractivity contribution in [1.82, 2.24) is 10.6 Å². The molecule has 0 radical (unpaired) electrons. The number of fused-ring (bicyclic) bond motifs is 3. The highest BCUT2D eigenvalue weighted by Gasteiger charge is 2.33. The van der Waals surface area contributed by atoms with Crippen LogP contribution in [0.15, 0.2) is 48.5 Å². The summed E-state index contributed by atoms with van der Waals surface area (Å²) in [5.74, 6) is -1.69. The van der Waals surface area contributed by atoms with Gasteiger partial charge >= 0.3 is 12.1 Å². The van der Waals surface area contributed by atoms with E-state index in [4.69, 9.17) is 14.9 Å². The van der Waals surface area contributed by atoms with Crippen LogP contribution < -0.4 is 10.6 Å². The zero-order chi connectivity index (χ0) is 24.1. The molecule has 8 nitrogen and oxygen atoms in total. The molecule has 0 spiro atoms. The molecule has 1 saturated carbocycles. The number of hydrogen-bond acceptors (Lipinski definition) is 5. The van der Waals surface area contributed by atoms with E-state index in [1.165, 1.54) is 0 Å². The number of aliphatic hydroxyl groups is 1. The van der Waals surface area contributed by atoms with Gasteiger partial charge in [-0.15, -0.1) is 0 Å². The van der Waals surface area contributed by atoms with Gasteiger partial charge in [0.2, 0.25) is 5.91 Å². The Bertz CT molecular complexity index is 1010. The second-order valence-electron chi connectivity index (χ2n) is 8.94. The number of aliphatic carboxylic acids is 1. The minimum Gasteiger partial charge on any atom is -0.480 e. The molecule has 3 unspecified atom stereocenters. The maximum Gasteiger partial charge on any atom is 0.407 e. The number of carbonyl (C=O) groups excluding carboxylic acids is 2. The van der Waals surface area contributed by atoms with E-state index in [0.717, 1.165) is 41.5 Å². The number of aliphatic hydroxyl groups excluding tert-OH is 1. The fourth-order valence-corrected chi connectivity index (χ4v) is 5.14. The number of nitrogens with one attached hydrogen (secondary N) is 2. The Morgan fingerprint density at radius 3 is 2.26 bits per heavy atom. The number of amides is 2. The molecule has 0 saturated heterocycles. The fraction of sp³-hybridized carbons (Fsp3) is 0.423. The van der Waals surface area contributed by atoms with E-state index < -0.39 is 24.0 Å². The van der Waals surface area contributed by atoms with Gasteiger partial charge in [0.25, 0.3) is 0 Å². The fourth-order valence-electron chi connectivity index (χ4n) is 5.14. The number of carboxylic acids is 1. The lowest BCUT2D eigenvalue weighted by atomic mass is 9.98. The van der Waals surface area contributed by atoms with Crippen LogP contribution in [0.5, 0.6) is 0 Å². The van der Waals surface area contributed by atoms with Crippen molar-refractivity contribution in [2.24, 2.45) is 5.92 Å². The van der Waals surface area contributed by atoms with Crippen LogP contribution in [0.1, 0.15) is 49.1 Å². The summed E-state index contributed by atoms with van der Waals surface area (Å²) in [6.45, 7) is -0.105. The first kappa shape index (κ1) is 23.8. The van der Waals surface area contributed by atoms with Gasteiger partial charge in [0.15, 0.2) is 0 Å². The van der Waals surface area contributed by atoms with E-state index in [0.29, 0.717) is 0 Å². The molecular weight excluding hydrogens is 436 g/mol. The Morgan fingerprint density at radius 1 is 1.00 bits per heavy atom. The highest BCUT2D eigenvalue weighted by molar-refractivity contribution is 5.83. The largest absolute Gasteiger partial charge is 0.480 e. The predicted molar refractivity (Wildman–Crippen MR) is 125 cm³/mol. The van der Waals surface area contributed by atoms with Gasteiger partial charge in [0.05, 0.1) is 0 Å². The molecule has 3 atom stereocenters. The SMILES string of the molecule is O=C(CC1CCCC1NC(=O)OCC1c2ccccc2-c2ccccc21)NC(CCO)C(=O)O. The van der Waals surface area contributed by atoms with Crippen LogP contribution in [0.25, 0.3) is 11.1 Å². The lowest BCUT2D eigenvalue weighted by Crippen LogP contribution is -2.44. The normalized spacial score (nSPS) is 19.7. The van der Waals surface area contributed by atoms with Crippen molar-refractivity contribution < 1.29 is 29.3 Å². The summed E-state index contributed by atoms with van der Waals surface area (Å²) in [5, 5.41) is 23.5. The molecule has 2 aliphatic carbocycles. The summed E-state index contributed by atoms with van der Waals surface area (Å²) in [7, 11) is 0. The Labute approximate surface area is 198 Å². The van der Waals surface area contributed by atoms with Gasteiger partial charge in [0.1, 0.15) is 12.6 Å². The van der Waals surface area contributed by atoms with Gasteiger partial charge < -0.3 is 25.6 Å². The molecule has 4 N–H and O–H groups in total. The van der Waals surface area contributed by atoms with E-state index in [-0.39, 0.29) is 43.9 Å². The maximum atomic E-state index is 12.6. The molecule has 1 fully saturated rings. The van der Waals surface area contributed by atoms with Crippen LogP contribution in [-0.4, -0.2) is 53.5 Å². The van der Waals surface area contributed by atoms with Gasteiger partial charge in [-0.3, -0.25) is 4.79 Å². The summed E-state index contributed by atoms with van der Waals surface area (Å²) in [6, 6.07) is 14.9. The van der Waals surface area contributed by atoms with Crippen LogP contribution in [0.4, 0.5) is 4.79 Å². The van der Waals surface area contributed by atoms with Crippen molar-refractivity contribution in [2.45, 2.75) is 50.1 Å². The van der Waals surface area contributed by atoms with Crippen molar-refractivity contribution in [3.8, 4) is 11.1 Å². The Kier molecular flexibility index (Phi) is 7.47. The van der Waals surface area contributed by atoms with Crippen molar-refractivity contribution in [2.75, 3.05) is 13.2 Å². The van der Waals surface area contributed by atoms with Crippen molar-refractivity contribution >= 4 is 18.0 Å². The Morgan fingerprint density at radius 2 is 1.65 bits per heavy atom. The van der Waals surface area contributed by atoms with Gasteiger partial charge in [-0.05, 0) is 41.0 Å². The number of hydrogen-bond donors (Lipinski definition) is 4. The predicted octanol–water partition coefficient (Wildman–Crippen LogP) is 3.04. The Balaban J connectivity index is 1.32. The molecule has 4 rings (SSSR count). The molecule has 2 aliphatic rings. The average molecular weight is 467 g/mol. The molecule has 0 aliphatic heterocycles. The smallest absolute Gasteiger partial charge is 0.407 e. The number of alkyl carbamates (subject to hydrolysis) is 1. The number of ether oxygens (including phenoxy) is 1. The zero-order valence-electron chi connectivity index (χ0n) is 18.9. The number of carbonyl (C=O) groups is 3. The molecule has 34 heavy (non-hydrogen) atoms. The first-order valence-corrected chi connectivity index (χ1v) is 11.7. The summed E-state index contributed by atoms with van der Waals surface area (Å²) in [4.78, 5) is 36.2. The van der Waals surface area contributed by atoms with E-state index in [1.54, 1.807) is 0 Å². The minimum atomic E-state index is -1.18. The highest BCUT2D eigenvalue weighted by Crippen LogP contribution is 2.44. The minimum absolute atomic E-state index is 0.0252. The second kappa shape index (κ2) is 10.7. The third-order valence-corrected chi connectivity index (χ3v) is 6.80. The third-order valence-electron chi connectivity index (χ3n) is 6.80. The average Bonchev–Trinajstić information content (AvgIpc) is 3.39. The Hall–Kier alpha value is -3.39. The first-order chi connectivity index (χ1) is 16.5. The van der Waals surface area contributed by atoms with E-state index in [2.05, 4.69) is 34.9 Å². The van der Waals surface area contributed by atoms with Crippen molar-refractivity contribution in [3.05, 3.63) is 59.7 Å². The van der Waals surface area contributed by atoms with E-state index in [1.807, 2.05) is 24.3 Å². The van der Waals surface area contributed by atoms with Crippen molar-refractivity contribution in [3.63, 3.8) is 0 Å². The molecule has 2 amide bonds. The van der Waals surface area contributed by atoms with E-state index in [9.17, 15) is 14.4 Å². The molecule has 0 heterocycles. The second-order valence-corrected chi connectivity index (χ2v) is 8.94. The topological polar surface area (TPSA) is 125 Å². The van der Waals surface area contributed by atoms with Crippen molar-refractivity contribution in [1.29, 1.82) is 0 Å². The van der Waals surface area contributed by atoms with Crippen LogP contribution >= 0.6 is 0 Å². The van der Waals surface area contributed by atoms with Crippen LogP contribution in [0.2, 0.25) is 0 Å².